The van der Waals surface area contributed by atoms with Crippen molar-refractivity contribution in [2.24, 2.45) is 0 Å². The molecule has 17 heavy (non-hydrogen) atoms. The minimum atomic E-state index is -2.45. The maximum Gasteiger partial charge on any atom is 0.250 e. The standard InChI is InChI=1S/C13H20F2N2/c1-11-4-3-5-12(16(11)2)10-17-8-6-13(14,15)7-9-17/h3-5,11H,6-10H2,1-2H3. The lowest BCUT2D eigenvalue weighted by Gasteiger charge is -2.36. The summed E-state index contributed by atoms with van der Waals surface area (Å²) >= 11 is 0. The van der Waals surface area contributed by atoms with E-state index in [0.717, 1.165) is 6.54 Å². The predicted octanol–water partition coefficient (Wildman–Crippen LogP) is 2.49. The van der Waals surface area contributed by atoms with Crippen LogP contribution < -0.4 is 0 Å². The summed E-state index contributed by atoms with van der Waals surface area (Å²) in [4.78, 5) is 4.32. The largest absolute Gasteiger partial charge is 0.371 e. The Balaban J connectivity index is 1.90. The van der Waals surface area contributed by atoms with E-state index in [0.29, 0.717) is 19.1 Å². The van der Waals surface area contributed by atoms with E-state index in [9.17, 15) is 8.78 Å². The van der Waals surface area contributed by atoms with E-state index < -0.39 is 5.92 Å². The number of allylic oxidation sites excluding steroid dienone is 2. The average molecular weight is 242 g/mol. The molecule has 96 valence electrons. The number of rotatable bonds is 2. The SMILES string of the molecule is CC1C=CC=C(CN2CCC(F)(F)CC2)N1C. The Morgan fingerprint density at radius 1 is 1.35 bits per heavy atom. The Kier molecular flexibility index (Phi) is 3.52. The van der Waals surface area contributed by atoms with Gasteiger partial charge < -0.3 is 4.90 Å². The first-order valence-electron chi connectivity index (χ1n) is 6.18. The van der Waals surface area contributed by atoms with Crippen LogP contribution in [0.1, 0.15) is 19.8 Å². The lowest BCUT2D eigenvalue weighted by atomic mass is 10.1. The molecule has 2 heterocycles. The summed E-state index contributed by atoms with van der Waals surface area (Å²) in [7, 11) is 2.05. The van der Waals surface area contributed by atoms with Crippen molar-refractivity contribution in [3.8, 4) is 0 Å². The molecule has 2 rings (SSSR count). The van der Waals surface area contributed by atoms with Gasteiger partial charge in [-0.2, -0.15) is 0 Å². The molecule has 0 radical (unpaired) electrons. The van der Waals surface area contributed by atoms with Crippen LogP contribution in [0.5, 0.6) is 0 Å². The zero-order valence-electron chi connectivity index (χ0n) is 10.5. The van der Waals surface area contributed by atoms with Crippen LogP contribution in [-0.2, 0) is 0 Å². The number of nitrogens with zero attached hydrogens (tertiary/aromatic N) is 2. The molecule has 0 spiro atoms. The number of hydrogen-bond donors (Lipinski definition) is 0. The van der Waals surface area contributed by atoms with Crippen molar-refractivity contribution in [3.63, 3.8) is 0 Å². The molecule has 0 aromatic heterocycles. The third kappa shape index (κ3) is 3.06. The van der Waals surface area contributed by atoms with Gasteiger partial charge >= 0.3 is 0 Å². The molecule has 2 nitrogen and oxygen atoms in total. The fraction of sp³-hybridized carbons (Fsp3) is 0.692. The third-order valence-corrected chi connectivity index (χ3v) is 3.72. The molecule has 0 amide bonds. The first-order chi connectivity index (χ1) is 7.98. The van der Waals surface area contributed by atoms with Crippen LogP contribution in [0.4, 0.5) is 8.78 Å². The predicted molar refractivity (Wildman–Crippen MR) is 65.1 cm³/mol. The lowest BCUT2D eigenvalue weighted by molar-refractivity contribution is -0.0543. The molecule has 0 N–H and O–H groups in total. The van der Waals surface area contributed by atoms with Gasteiger partial charge in [0.2, 0.25) is 0 Å². The second-order valence-corrected chi connectivity index (χ2v) is 5.03. The van der Waals surface area contributed by atoms with Gasteiger partial charge in [0.25, 0.3) is 5.92 Å². The van der Waals surface area contributed by atoms with E-state index >= 15 is 0 Å². The van der Waals surface area contributed by atoms with Gasteiger partial charge in [0, 0.05) is 51.3 Å². The van der Waals surface area contributed by atoms with Gasteiger partial charge in [-0.1, -0.05) is 12.2 Å². The van der Waals surface area contributed by atoms with Gasteiger partial charge in [-0.3, -0.25) is 4.90 Å². The smallest absolute Gasteiger partial charge is 0.250 e. The van der Waals surface area contributed by atoms with Gasteiger partial charge in [-0.05, 0) is 13.0 Å². The van der Waals surface area contributed by atoms with Gasteiger partial charge in [0.1, 0.15) is 0 Å². The fourth-order valence-corrected chi connectivity index (χ4v) is 2.27. The van der Waals surface area contributed by atoms with Crippen LogP contribution in [0.25, 0.3) is 0 Å². The topological polar surface area (TPSA) is 6.48 Å². The highest BCUT2D eigenvalue weighted by Crippen LogP contribution is 2.28. The molecule has 2 aliphatic rings. The number of hydrogen-bond acceptors (Lipinski definition) is 2. The summed E-state index contributed by atoms with van der Waals surface area (Å²) in [6.07, 6.45) is 6.25. The zero-order valence-corrected chi connectivity index (χ0v) is 10.5. The molecule has 1 unspecified atom stereocenters. The van der Waals surface area contributed by atoms with Crippen molar-refractivity contribution in [1.82, 2.24) is 9.80 Å². The number of halogens is 2. The second-order valence-electron chi connectivity index (χ2n) is 5.03. The van der Waals surface area contributed by atoms with Gasteiger partial charge in [-0.25, -0.2) is 8.78 Å². The molecule has 4 heteroatoms. The lowest BCUT2D eigenvalue weighted by Crippen LogP contribution is -2.43. The fourth-order valence-electron chi connectivity index (χ4n) is 2.27. The van der Waals surface area contributed by atoms with Crippen LogP contribution in [-0.4, -0.2) is 48.4 Å². The van der Waals surface area contributed by atoms with Gasteiger partial charge in [0.15, 0.2) is 0 Å². The van der Waals surface area contributed by atoms with E-state index in [1.54, 1.807) is 0 Å². The Labute approximate surface area is 102 Å². The maximum atomic E-state index is 13.0. The molecule has 0 aromatic rings. The number of alkyl halides is 2. The molecule has 0 aromatic carbocycles. The van der Waals surface area contributed by atoms with Crippen LogP contribution >= 0.6 is 0 Å². The molecule has 2 aliphatic heterocycles. The van der Waals surface area contributed by atoms with E-state index in [2.05, 4.69) is 42.0 Å². The molecule has 1 atom stereocenters. The summed E-state index contributed by atoms with van der Waals surface area (Å²) in [6, 6.07) is 0.390. The van der Waals surface area contributed by atoms with Crippen molar-refractivity contribution < 1.29 is 8.78 Å². The van der Waals surface area contributed by atoms with Crippen LogP contribution in [0.15, 0.2) is 23.9 Å². The van der Waals surface area contributed by atoms with Crippen molar-refractivity contribution in [3.05, 3.63) is 23.9 Å². The first-order valence-corrected chi connectivity index (χ1v) is 6.18. The Morgan fingerprint density at radius 3 is 2.65 bits per heavy atom. The highest BCUT2D eigenvalue weighted by atomic mass is 19.3. The number of piperidine rings is 1. The van der Waals surface area contributed by atoms with Crippen LogP contribution in [0.2, 0.25) is 0 Å². The van der Waals surface area contributed by atoms with Crippen molar-refractivity contribution in [1.29, 1.82) is 0 Å². The Bertz CT molecular complexity index is 326. The quantitative estimate of drug-likeness (QED) is 0.734. The van der Waals surface area contributed by atoms with Crippen molar-refractivity contribution in [2.75, 3.05) is 26.7 Å². The van der Waals surface area contributed by atoms with Crippen molar-refractivity contribution >= 4 is 0 Å². The summed E-state index contributed by atoms with van der Waals surface area (Å²) in [5.74, 6) is -2.45. The third-order valence-electron chi connectivity index (χ3n) is 3.72. The molecule has 0 aliphatic carbocycles. The highest BCUT2D eigenvalue weighted by molar-refractivity contribution is 5.21. The van der Waals surface area contributed by atoms with Crippen LogP contribution in [0, 0.1) is 0 Å². The zero-order chi connectivity index (χ0) is 12.5. The second kappa shape index (κ2) is 4.77. The van der Waals surface area contributed by atoms with E-state index in [4.69, 9.17) is 0 Å². The van der Waals surface area contributed by atoms with Crippen LogP contribution in [0.3, 0.4) is 0 Å². The molecule has 0 saturated carbocycles. The minimum Gasteiger partial charge on any atom is -0.371 e. The van der Waals surface area contributed by atoms with Gasteiger partial charge in [-0.15, -0.1) is 0 Å². The minimum absolute atomic E-state index is 0.00458. The van der Waals surface area contributed by atoms with Gasteiger partial charge in [0.05, 0.1) is 0 Å². The molecular formula is C13H20F2N2. The molecule has 0 bridgehead atoms. The normalized spacial score (nSPS) is 29.3. The Morgan fingerprint density at radius 2 is 2.00 bits per heavy atom. The van der Waals surface area contributed by atoms with E-state index in [1.165, 1.54) is 5.70 Å². The summed E-state index contributed by atoms with van der Waals surface area (Å²) in [6.45, 7) is 3.90. The highest BCUT2D eigenvalue weighted by Gasteiger charge is 2.34. The summed E-state index contributed by atoms with van der Waals surface area (Å²) in [5, 5.41) is 0. The molecular weight excluding hydrogens is 222 g/mol. The average Bonchev–Trinajstić information content (AvgIpc) is 2.27. The maximum absolute atomic E-state index is 13.0. The van der Waals surface area contributed by atoms with Crippen molar-refractivity contribution in [2.45, 2.75) is 31.7 Å². The van der Waals surface area contributed by atoms with E-state index in [1.807, 2.05) is 0 Å². The Hall–Kier alpha value is -0.900. The number of likely N-dealkylation sites (tertiary alicyclic amines) is 1. The monoisotopic (exact) mass is 242 g/mol. The summed E-state index contributed by atoms with van der Waals surface area (Å²) in [5.41, 5.74) is 1.21. The number of likely N-dealkylation sites (N-methyl/N-ethyl adjacent to an activating group) is 1. The first kappa shape index (κ1) is 12.6. The van der Waals surface area contributed by atoms with E-state index in [-0.39, 0.29) is 12.8 Å². The molecule has 1 fully saturated rings. The summed E-state index contributed by atoms with van der Waals surface area (Å²) < 4.78 is 26.1. The molecule has 1 saturated heterocycles.